The van der Waals surface area contributed by atoms with E-state index in [1.807, 2.05) is 0 Å². The van der Waals surface area contributed by atoms with E-state index in [0.717, 1.165) is 9.87 Å². The lowest BCUT2D eigenvalue weighted by Crippen LogP contribution is -2.33. The highest BCUT2D eigenvalue weighted by atomic mass is 35.5. The quantitative estimate of drug-likeness (QED) is 0.744. The van der Waals surface area contributed by atoms with Gasteiger partial charge in [0.05, 0.1) is 18.5 Å². The molecule has 0 radical (unpaired) electrons. The molecule has 0 unspecified atom stereocenters. The summed E-state index contributed by atoms with van der Waals surface area (Å²) in [4.78, 5) is 24.0. The van der Waals surface area contributed by atoms with Crippen molar-refractivity contribution < 1.29 is 22.7 Å². The van der Waals surface area contributed by atoms with Crippen molar-refractivity contribution in [2.75, 3.05) is 13.2 Å². The summed E-state index contributed by atoms with van der Waals surface area (Å²) >= 11 is 5.77. The maximum atomic E-state index is 12.3. The summed E-state index contributed by atoms with van der Waals surface area (Å²) in [6.45, 7) is -0.423. The van der Waals surface area contributed by atoms with E-state index in [2.05, 4.69) is 0 Å². The highest BCUT2D eigenvalue weighted by molar-refractivity contribution is 7.90. The van der Waals surface area contributed by atoms with Crippen molar-refractivity contribution in [3.8, 4) is 0 Å². The molecule has 130 valence electrons. The molecule has 0 aliphatic carbocycles. The van der Waals surface area contributed by atoms with Crippen molar-refractivity contribution in [3.63, 3.8) is 0 Å². The Kier molecular flexibility index (Phi) is 4.78. The summed E-state index contributed by atoms with van der Waals surface area (Å²) < 4.78 is 30.5. The van der Waals surface area contributed by atoms with Crippen LogP contribution >= 0.6 is 11.6 Å². The Morgan fingerprint density at radius 3 is 2.44 bits per heavy atom. The molecule has 2 aromatic carbocycles. The minimum absolute atomic E-state index is 0.0208. The van der Waals surface area contributed by atoms with E-state index in [9.17, 15) is 18.0 Å². The van der Waals surface area contributed by atoms with Gasteiger partial charge in [-0.25, -0.2) is 12.7 Å². The maximum absolute atomic E-state index is 12.3. The Labute approximate surface area is 150 Å². The first-order valence-corrected chi connectivity index (χ1v) is 9.27. The fourth-order valence-corrected chi connectivity index (χ4v) is 4.19. The largest absolute Gasteiger partial charge is 0.463 e. The van der Waals surface area contributed by atoms with E-state index in [4.69, 9.17) is 16.3 Å². The zero-order chi connectivity index (χ0) is 18.0. The Balaban J connectivity index is 1.58. The number of hydrogen-bond donors (Lipinski definition) is 0. The summed E-state index contributed by atoms with van der Waals surface area (Å²) in [5.41, 5.74) is 0.863. The van der Waals surface area contributed by atoms with Gasteiger partial charge in [0.2, 0.25) is 0 Å². The van der Waals surface area contributed by atoms with Gasteiger partial charge in [0.1, 0.15) is 11.5 Å². The van der Waals surface area contributed by atoms with Crippen molar-refractivity contribution in [1.82, 2.24) is 4.31 Å². The van der Waals surface area contributed by atoms with E-state index < -0.39 is 21.9 Å². The first kappa shape index (κ1) is 17.4. The van der Waals surface area contributed by atoms with Gasteiger partial charge in [0.15, 0.2) is 0 Å². The Bertz CT molecular complexity index is 924. The number of benzene rings is 2. The van der Waals surface area contributed by atoms with E-state index in [1.54, 1.807) is 36.4 Å². The van der Waals surface area contributed by atoms with Gasteiger partial charge in [-0.2, -0.15) is 0 Å². The van der Waals surface area contributed by atoms with Crippen LogP contribution in [0, 0.1) is 0 Å². The number of rotatable bonds is 5. The lowest BCUT2D eigenvalue weighted by atomic mass is 10.1. The van der Waals surface area contributed by atoms with Gasteiger partial charge in [0.25, 0.3) is 15.9 Å². The molecule has 0 saturated carbocycles. The van der Waals surface area contributed by atoms with E-state index >= 15 is 0 Å². The van der Waals surface area contributed by atoms with E-state index in [0.29, 0.717) is 5.02 Å². The Hall–Kier alpha value is -2.38. The van der Waals surface area contributed by atoms with Gasteiger partial charge in [-0.1, -0.05) is 35.9 Å². The summed E-state index contributed by atoms with van der Waals surface area (Å²) in [6, 6.07) is 12.7. The minimum Gasteiger partial charge on any atom is -0.463 e. The molecule has 25 heavy (non-hydrogen) atoms. The van der Waals surface area contributed by atoms with Crippen LogP contribution < -0.4 is 0 Å². The minimum atomic E-state index is -3.88. The normalized spacial score (nSPS) is 15.1. The predicted octanol–water partition coefficient (Wildman–Crippen LogP) is 2.27. The third-order valence-corrected chi connectivity index (χ3v) is 5.82. The number of esters is 1. The number of amides is 1. The van der Waals surface area contributed by atoms with Crippen LogP contribution in [0.3, 0.4) is 0 Å². The van der Waals surface area contributed by atoms with Crippen molar-refractivity contribution >= 4 is 33.5 Å². The van der Waals surface area contributed by atoms with E-state index in [1.165, 1.54) is 12.1 Å². The molecule has 8 heteroatoms. The molecule has 0 saturated heterocycles. The van der Waals surface area contributed by atoms with E-state index in [-0.39, 0.29) is 30.0 Å². The third kappa shape index (κ3) is 3.52. The molecule has 6 nitrogen and oxygen atoms in total. The predicted molar refractivity (Wildman–Crippen MR) is 90.8 cm³/mol. The van der Waals surface area contributed by atoms with Gasteiger partial charge >= 0.3 is 5.97 Å². The van der Waals surface area contributed by atoms with Crippen LogP contribution in [0.5, 0.6) is 0 Å². The molecule has 0 atom stereocenters. The average molecular weight is 380 g/mol. The highest BCUT2D eigenvalue weighted by Crippen LogP contribution is 2.29. The number of ether oxygens (including phenoxy) is 1. The van der Waals surface area contributed by atoms with Crippen LogP contribution in [0.15, 0.2) is 53.4 Å². The fraction of sp³-hybridized carbons (Fsp3) is 0.176. The van der Waals surface area contributed by atoms with Gasteiger partial charge in [-0.15, -0.1) is 0 Å². The van der Waals surface area contributed by atoms with Crippen LogP contribution in [0.1, 0.15) is 15.9 Å². The van der Waals surface area contributed by atoms with Gasteiger partial charge in [-0.05, 0) is 29.8 Å². The number of hydrogen-bond acceptors (Lipinski definition) is 5. The number of nitrogens with zero attached hydrogens (tertiary/aromatic N) is 1. The molecule has 0 aromatic heterocycles. The monoisotopic (exact) mass is 379 g/mol. The lowest BCUT2D eigenvalue weighted by molar-refractivity contribution is -0.142. The van der Waals surface area contributed by atoms with Crippen LogP contribution in [-0.2, 0) is 26.0 Å². The molecule has 3 rings (SSSR count). The summed E-state index contributed by atoms with van der Waals surface area (Å²) in [5, 5.41) is 0.564. The highest BCUT2D eigenvalue weighted by Gasteiger charge is 2.40. The molecular weight excluding hydrogens is 366 g/mol. The molecular formula is C17H14ClNO5S. The summed E-state index contributed by atoms with van der Waals surface area (Å²) in [6.07, 6.45) is 0.0398. The van der Waals surface area contributed by atoms with Crippen molar-refractivity contribution in [3.05, 3.63) is 64.7 Å². The van der Waals surface area contributed by atoms with Crippen LogP contribution in [0.2, 0.25) is 5.02 Å². The fourth-order valence-electron chi connectivity index (χ4n) is 2.51. The average Bonchev–Trinajstić information content (AvgIpc) is 2.78. The second kappa shape index (κ2) is 6.85. The molecule has 2 aromatic rings. The van der Waals surface area contributed by atoms with Crippen LogP contribution in [0.4, 0.5) is 0 Å². The van der Waals surface area contributed by atoms with Gasteiger partial charge in [0, 0.05) is 5.02 Å². The van der Waals surface area contributed by atoms with Crippen molar-refractivity contribution in [2.45, 2.75) is 11.3 Å². The van der Waals surface area contributed by atoms with Gasteiger partial charge in [-0.3, -0.25) is 9.59 Å². The lowest BCUT2D eigenvalue weighted by Gasteiger charge is -2.15. The standard InChI is InChI=1S/C17H14ClNO5S/c18-13-7-5-12(6-8-13)11-16(20)24-10-9-19-17(21)14-3-1-2-4-15(14)25(19,22)23/h1-8H,9-11H2. The zero-order valence-electron chi connectivity index (χ0n) is 13.0. The number of fused-ring (bicyclic) bond motifs is 1. The number of carbonyl (C=O) groups excluding carboxylic acids is 2. The molecule has 1 aliphatic heterocycles. The van der Waals surface area contributed by atoms with Gasteiger partial charge < -0.3 is 4.74 Å². The Morgan fingerprint density at radius 2 is 1.76 bits per heavy atom. The Morgan fingerprint density at radius 1 is 1.08 bits per heavy atom. The first-order valence-electron chi connectivity index (χ1n) is 7.46. The molecule has 0 N–H and O–H groups in total. The second-order valence-corrected chi connectivity index (χ2v) is 7.67. The van der Waals surface area contributed by atoms with Crippen molar-refractivity contribution in [1.29, 1.82) is 0 Å². The smallest absolute Gasteiger partial charge is 0.310 e. The maximum Gasteiger partial charge on any atom is 0.310 e. The first-order chi connectivity index (χ1) is 11.9. The zero-order valence-corrected chi connectivity index (χ0v) is 14.6. The molecule has 1 aliphatic rings. The molecule has 1 amide bonds. The van der Waals surface area contributed by atoms with Crippen molar-refractivity contribution in [2.24, 2.45) is 0 Å². The van der Waals surface area contributed by atoms with Crippen LogP contribution in [0.25, 0.3) is 0 Å². The topological polar surface area (TPSA) is 80.8 Å². The SMILES string of the molecule is O=C(Cc1ccc(Cl)cc1)OCCN1C(=O)c2ccccc2S1(=O)=O. The third-order valence-electron chi connectivity index (χ3n) is 3.73. The second-order valence-electron chi connectivity index (χ2n) is 5.40. The number of sulfonamides is 1. The summed E-state index contributed by atoms with van der Waals surface area (Å²) in [5.74, 6) is -1.12. The number of carbonyl (C=O) groups is 2. The molecule has 0 bridgehead atoms. The number of halogens is 1. The molecule has 0 fully saturated rings. The molecule has 1 heterocycles. The van der Waals surface area contributed by atoms with Crippen LogP contribution in [-0.4, -0.2) is 37.8 Å². The molecule has 0 spiro atoms. The summed E-state index contributed by atoms with van der Waals surface area (Å²) in [7, 11) is -3.88.